The summed E-state index contributed by atoms with van der Waals surface area (Å²) in [5.41, 5.74) is 1.72. The van der Waals surface area contributed by atoms with E-state index in [9.17, 15) is 41.1 Å². The van der Waals surface area contributed by atoms with E-state index in [1.54, 1.807) is 66.7 Å². The van der Waals surface area contributed by atoms with E-state index in [1.165, 1.54) is 26.0 Å². The van der Waals surface area contributed by atoms with Gasteiger partial charge < -0.3 is 10.6 Å². The molecule has 0 fully saturated rings. The molecule has 246 valence electrons. The number of amides is 2. The molecule has 0 saturated heterocycles. The summed E-state index contributed by atoms with van der Waals surface area (Å²) in [6.45, 7) is 0.656. The zero-order chi connectivity index (χ0) is 34.2. The second kappa shape index (κ2) is 15.6. The van der Waals surface area contributed by atoms with Crippen LogP contribution < -0.4 is 10.6 Å². The van der Waals surface area contributed by atoms with Gasteiger partial charge in [-0.05, 0) is 46.9 Å². The van der Waals surface area contributed by atoms with Crippen molar-refractivity contribution in [3.8, 4) is 0 Å². The lowest BCUT2D eigenvalue weighted by molar-refractivity contribution is -0.167. The maximum Gasteiger partial charge on any atom is 0.405 e. The first-order chi connectivity index (χ1) is 21.5. The normalized spacial score (nSPS) is 13.9. The van der Waals surface area contributed by atoms with Crippen molar-refractivity contribution in [3.05, 3.63) is 106 Å². The Morgan fingerprint density at radius 3 is 1.91 bits per heavy atom. The van der Waals surface area contributed by atoms with Crippen molar-refractivity contribution in [2.45, 2.75) is 50.7 Å². The molecule has 0 aliphatic carbocycles. The third-order valence-corrected chi connectivity index (χ3v) is 7.77. The Morgan fingerprint density at radius 1 is 0.739 bits per heavy atom. The number of ketones is 2. The number of carbonyl (C=O) groups excluding carboxylic acids is 4. The van der Waals surface area contributed by atoms with E-state index in [2.05, 4.69) is 5.32 Å². The number of halogens is 7. The Hall–Kier alpha value is -3.83. The molecule has 0 aliphatic rings. The predicted octanol–water partition coefficient (Wildman–Crippen LogP) is 7.49. The number of rotatable bonds is 14. The molecule has 3 aromatic carbocycles. The van der Waals surface area contributed by atoms with Gasteiger partial charge in [0.25, 0.3) is 5.91 Å². The first kappa shape index (κ1) is 36.6. The number of carbonyl (C=O) groups is 4. The van der Waals surface area contributed by atoms with Crippen LogP contribution in [0.3, 0.4) is 0 Å². The Labute approximate surface area is 272 Å². The maximum atomic E-state index is 14.8. The van der Waals surface area contributed by atoms with Gasteiger partial charge in [0, 0.05) is 34.7 Å². The van der Waals surface area contributed by atoms with Crippen LogP contribution in [0.1, 0.15) is 55.3 Å². The standard InChI is InChI=1S/C33H31Cl2F5N2O4/c1-19(2)25(30(45)33(39,40)31(46)41-18-32(36,37)38)16-27(43)29(21-7-4-3-5-8-21)42-28(44)17-26(20-11-13-23(34)14-12-20)22-9-6-10-24(35)15-22/h3-15,19,25-26,29H,16-18H2,1-2H3,(H,41,46)(H,42,44)/t25-,26+,29-/m0/s1. The minimum Gasteiger partial charge on any atom is -0.342 e. The van der Waals surface area contributed by atoms with E-state index in [0.717, 1.165) is 10.9 Å². The molecule has 46 heavy (non-hydrogen) atoms. The molecule has 0 spiro atoms. The fourth-order valence-electron chi connectivity index (χ4n) is 4.85. The van der Waals surface area contributed by atoms with E-state index in [-0.39, 0.29) is 6.42 Å². The average Bonchev–Trinajstić information content (AvgIpc) is 3.00. The van der Waals surface area contributed by atoms with Crippen molar-refractivity contribution >= 4 is 46.6 Å². The summed E-state index contributed by atoms with van der Waals surface area (Å²) in [4.78, 5) is 52.0. The topological polar surface area (TPSA) is 92.3 Å². The summed E-state index contributed by atoms with van der Waals surface area (Å²) in [7, 11) is 0. The number of benzene rings is 3. The number of nitrogens with one attached hydrogen (secondary N) is 2. The van der Waals surface area contributed by atoms with E-state index in [4.69, 9.17) is 23.2 Å². The SMILES string of the molecule is CC(C)[C@H](CC(=O)[C@@H](NC(=O)C[C@H](c1ccc(Cl)cc1)c1cccc(Cl)c1)c1ccccc1)C(=O)C(F)(F)C(=O)NCC(F)(F)F. The van der Waals surface area contributed by atoms with Crippen LogP contribution in [0, 0.1) is 11.8 Å². The highest BCUT2D eigenvalue weighted by atomic mass is 35.5. The van der Waals surface area contributed by atoms with Gasteiger partial charge in [-0.1, -0.05) is 91.6 Å². The molecular formula is C33H31Cl2F5N2O4. The van der Waals surface area contributed by atoms with Gasteiger partial charge in [-0.2, -0.15) is 22.0 Å². The molecule has 3 rings (SSSR count). The Morgan fingerprint density at radius 2 is 1.35 bits per heavy atom. The summed E-state index contributed by atoms with van der Waals surface area (Å²) in [5.74, 6) is -13.9. The van der Waals surface area contributed by atoms with Crippen LogP contribution in [-0.2, 0) is 19.2 Å². The van der Waals surface area contributed by atoms with E-state index in [0.29, 0.717) is 21.2 Å². The van der Waals surface area contributed by atoms with Crippen molar-refractivity contribution in [1.82, 2.24) is 10.6 Å². The predicted molar refractivity (Wildman–Crippen MR) is 164 cm³/mol. The lowest BCUT2D eigenvalue weighted by Gasteiger charge is -2.26. The lowest BCUT2D eigenvalue weighted by Crippen LogP contribution is -2.51. The zero-order valence-electron chi connectivity index (χ0n) is 24.7. The first-order valence-corrected chi connectivity index (χ1v) is 14.9. The van der Waals surface area contributed by atoms with Crippen LogP contribution in [0.5, 0.6) is 0 Å². The number of hydrogen-bond donors (Lipinski definition) is 2. The van der Waals surface area contributed by atoms with Crippen molar-refractivity contribution in [3.63, 3.8) is 0 Å². The van der Waals surface area contributed by atoms with Crippen molar-refractivity contribution in [2.75, 3.05) is 6.54 Å². The van der Waals surface area contributed by atoms with Crippen LogP contribution in [0.4, 0.5) is 22.0 Å². The monoisotopic (exact) mass is 684 g/mol. The highest BCUT2D eigenvalue weighted by Crippen LogP contribution is 2.33. The molecule has 0 radical (unpaired) electrons. The molecule has 3 atom stereocenters. The molecule has 2 N–H and O–H groups in total. The van der Waals surface area contributed by atoms with Crippen LogP contribution in [0.2, 0.25) is 10.0 Å². The average molecular weight is 686 g/mol. The van der Waals surface area contributed by atoms with Gasteiger partial charge >= 0.3 is 12.1 Å². The lowest BCUT2D eigenvalue weighted by atomic mass is 9.82. The Kier molecular flexibility index (Phi) is 12.5. The molecule has 0 saturated carbocycles. The number of hydrogen-bond acceptors (Lipinski definition) is 4. The fourth-order valence-corrected chi connectivity index (χ4v) is 5.17. The third kappa shape index (κ3) is 10.1. The minimum absolute atomic E-state index is 0.164. The quantitative estimate of drug-likeness (QED) is 0.136. The van der Waals surface area contributed by atoms with Gasteiger partial charge in [-0.25, -0.2) is 0 Å². The van der Waals surface area contributed by atoms with E-state index >= 15 is 0 Å². The zero-order valence-corrected chi connectivity index (χ0v) is 26.2. The summed E-state index contributed by atoms with van der Waals surface area (Å²) < 4.78 is 67.0. The molecule has 0 heterocycles. The van der Waals surface area contributed by atoms with Crippen LogP contribution >= 0.6 is 23.2 Å². The van der Waals surface area contributed by atoms with Gasteiger partial charge in [0.05, 0.1) is 0 Å². The molecule has 0 bridgehead atoms. The largest absolute Gasteiger partial charge is 0.405 e. The molecule has 0 aliphatic heterocycles. The Bertz CT molecular complexity index is 1530. The number of Topliss-reactive ketones (excluding diaryl/α,β-unsaturated/α-hetero) is 2. The van der Waals surface area contributed by atoms with Crippen LogP contribution in [0.25, 0.3) is 0 Å². The summed E-state index contributed by atoms with van der Waals surface area (Å²) in [5, 5.41) is 4.60. The molecular weight excluding hydrogens is 654 g/mol. The van der Waals surface area contributed by atoms with Gasteiger partial charge in [0.1, 0.15) is 12.6 Å². The van der Waals surface area contributed by atoms with Gasteiger partial charge in [0.15, 0.2) is 5.78 Å². The summed E-state index contributed by atoms with van der Waals surface area (Å²) in [6.07, 6.45) is -5.97. The van der Waals surface area contributed by atoms with E-state index in [1.807, 2.05) is 0 Å². The molecule has 13 heteroatoms. The van der Waals surface area contributed by atoms with Crippen LogP contribution in [0.15, 0.2) is 78.9 Å². The minimum atomic E-state index is -4.98. The van der Waals surface area contributed by atoms with Crippen molar-refractivity contribution < 1.29 is 41.1 Å². The van der Waals surface area contributed by atoms with Gasteiger partial charge in [-0.3, -0.25) is 19.2 Å². The van der Waals surface area contributed by atoms with Gasteiger partial charge in [-0.15, -0.1) is 0 Å². The first-order valence-electron chi connectivity index (χ1n) is 14.1. The van der Waals surface area contributed by atoms with E-state index < -0.39 is 72.2 Å². The molecule has 3 aromatic rings. The molecule has 0 unspecified atom stereocenters. The second-order valence-corrected chi connectivity index (χ2v) is 11.9. The number of alkyl halides is 5. The van der Waals surface area contributed by atoms with Crippen LogP contribution in [-0.4, -0.2) is 42.0 Å². The third-order valence-electron chi connectivity index (χ3n) is 7.28. The van der Waals surface area contributed by atoms with Gasteiger partial charge in [0.2, 0.25) is 11.7 Å². The molecule has 2 amide bonds. The second-order valence-electron chi connectivity index (χ2n) is 11.0. The van der Waals surface area contributed by atoms with Crippen molar-refractivity contribution in [1.29, 1.82) is 0 Å². The summed E-state index contributed by atoms with van der Waals surface area (Å²) in [6, 6.07) is 20.2. The highest BCUT2D eigenvalue weighted by molar-refractivity contribution is 6.30. The fraction of sp³-hybridized carbons (Fsp3) is 0.333. The molecule has 6 nitrogen and oxygen atoms in total. The Balaban J connectivity index is 1.88. The maximum absolute atomic E-state index is 14.8. The van der Waals surface area contributed by atoms with Crippen molar-refractivity contribution in [2.24, 2.45) is 11.8 Å². The smallest absolute Gasteiger partial charge is 0.342 e. The highest BCUT2D eigenvalue weighted by Gasteiger charge is 2.51. The summed E-state index contributed by atoms with van der Waals surface area (Å²) >= 11 is 12.3. The molecule has 0 aromatic heterocycles.